The van der Waals surface area contributed by atoms with Crippen LogP contribution in [0.4, 0.5) is 0 Å². The third-order valence-corrected chi connectivity index (χ3v) is 7.33. The largest absolute Gasteiger partial charge is 0.461 e. The van der Waals surface area contributed by atoms with E-state index >= 15 is 0 Å². The molecule has 0 aliphatic rings. The van der Waals surface area contributed by atoms with Crippen LogP contribution in [0, 0.1) is 13.8 Å². The zero-order chi connectivity index (χ0) is 22.6. The van der Waals surface area contributed by atoms with E-state index < -0.39 is 22.0 Å². The standard InChI is InChI=1S/C22H30N2O5S/c1-7-23-16(5)19(15(4)20(23)22(26)29-9-3)21(25)17(6)24(8-2)30(27,28)18-13-11-10-12-14-18/h10-14,17H,7-9H2,1-6H3/t17-/m0/s1. The number of ether oxygens (including phenoxy) is 1. The molecule has 0 amide bonds. The molecule has 1 atom stereocenters. The summed E-state index contributed by atoms with van der Waals surface area (Å²) in [7, 11) is -3.85. The molecule has 2 aromatic rings. The van der Waals surface area contributed by atoms with Crippen LogP contribution in [0.1, 0.15) is 59.8 Å². The van der Waals surface area contributed by atoms with E-state index in [1.165, 1.54) is 16.4 Å². The lowest BCUT2D eigenvalue weighted by atomic mass is 10.0. The predicted octanol–water partition coefficient (Wildman–Crippen LogP) is 3.58. The summed E-state index contributed by atoms with van der Waals surface area (Å²) in [6, 6.07) is 7.13. The summed E-state index contributed by atoms with van der Waals surface area (Å²) in [6.07, 6.45) is 0. The fraction of sp³-hybridized carbons (Fsp3) is 0.455. The number of carbonyl (C=O) groups excluding carboxylic acids is 2. The molecular weight excluding hydrogens is 404 g/mol. The summed E-state index contributed by atoms with van der Waals surface area (Å²) in [5.41, 5.74) is 1.84. The predicted molar refractivity (Wildman–Crippen MR) is 115 cm³/mol. The molecule has 0 bridgehead atoms. The number of hydrogen-bond donors (Lipinski definition) is 0. The molecular formula is C22H30N2O5S. The average Bonchev–Trinajstić information content (AvgIpc) is 2.98. The first-order valence-electron chi connectivity index (χ1n) is 10.1. The van der Waals surface area contributed by atoms with Crippen molar-refractivity contribution in [2.75, 3.05) is 13.2 Å². The van der Waals surface area contributed by atoms with Gasteiger partial charge in [-0.3, -0.25) is 4.79 Å². The highest BCUT2D eigenvalue weighted by Gasteiger charge is 2.35. The van der Waals surface area contributed by atoms with Crippen LogP contribution in [-0.4, -0.2) is 48.2 Å². The average molecular weight is 435 g/mol. The molecule has 2 rings (SSSR count). The van der Waals surface area contributed by atoms with Gasteiger partial charge in [0.1, 0.15) is 5.69 Å². The van der Waals surface area contributed by atoms with Crippen LogP contribution in [0.3, 0.4) is 0 Å². The summed E-state index contributed by atoms with van der Waals surface area (Å²) in [5, 5.41) is 0. The van der Waals surface area contributed by atoms with Gasteiger partial charge in [-0.2, -0.15) is 4.31 Å². The maximum atomic E-state index is 13.5. The molecule has 1 aromatic heterocycles. The van der Waals surface area contributed by atoms with Gasteiger partial charge in [0, 0.05) is 24.3 Å². The quantitative estimate of drug-likeness (QED) is 0.445. The normalized spacial score (nSPS) is 12.8. The molecule has 0 spiro atoms. The molecule has 0 aliphatic heterocycles. The van der Waals surface area contributed by atoms with Crippen molar-refractivity contribution in [1.29, 1.82) is 0 Å². The molecule has 0 saturated heterocycles. The summed E-state index contributed by atoms with van der Waals surface area (Å²) in [6.45, 7) is 11.2. The molecule has 0 fully saturated rings. The van der Waals surface area contributed by atoms with Gasteiger partial charge in [-0.25, -0.2) is 13.2 Å². The van der Waals surface area contributed by atoms with Gasteiger partial charge in [0.15, 0.2) is 5.78 Å². The van der Waals surface area contributed by atoms with Gasteiger partial charge in [0.2, 0.25) is 10.0 Å². The van der Waals surface area contributed by atoms with Gasteiger partial charge in [0.05, 0.1) is 17.5 Å². The van der Waals surface area contributed by atoms with Crippen LogP contribution < -0.4 is 0 Å². The van der Waals surface area contributed by atoms with Crippen LogP contribution >= 0.6 is 0 Å². The fourth-order valence-corrected chi connectivity index (χ4v) is 5.46. The fourth-order valence-electron chi connectivity index (χ4n) is 3.84. The van der Waals surface area contributed by atoms with E-state index in [1.807, 2.05) is 6.92 Å². The number of aromatic nitrogens is 1. The van der Waals surface area contributed by atoms with Crippen molar-refractivity contribution in [3.8, 4) is 0 Å². The lowest BCUT2D eigenvalue weighted by molar-refractivity contribution is 0.0512. The Bertz CT molecular complexity index is 1030. The van der Waals surface area contributed by atoms with Gasteiger partial charge < -0.3 is 9.30 Å². The Labute approximate surface area is 178 Å². The van der Waals surface area contributed by atoms with E-state index in [4.69, 9.17) is 4.74 Å². The Hall–Kier alpha value is -2.45. The number of rotatable bonds is 9. The molecule has 0 aliphatic carbocycles. The molecule has 0 radical (unpaired) electrons. The van der Waals surface area contributed by atoms with Gasteiger partial charge in [-0.1, -0.05) is 25.1 Å². The summed E-state index contributed by atoms with van der Waals surface area (Å²) in [5.74, 6) is -0.833. The number of Topliss-reactive ketones (excluding diaryl/α,β-unsaturated/α-hetero) is 1. The number of hydrogen-bond acceptors (Lipinski definition) is 5. The number of carbonyl (C=O) groups is 2. The number of sulfonamides is 1. The van der Waals surface area contributed by atoms with Crippen molar-refractivity contribution < 1.29 is 22.7 Å². The second-order valence-corrected chi connectivity index (χ2v) is 8.85. The van der Waals surface area contributed by atoms with Gasteiger partial charge >= 0.3 is 5.97 Å². The van der Waals surface area contributed by atoms with Gasteiger partial charge in [0.25, 0.3) is 0 Å². The van der Waals surface area contributed by atoms with Crippen molar-refractivity contribution in [1.82, 2.24) is 8.87 Å². The minimum Gasteiger partial charge on any atom is -0.461 e. The van der Waals surface area contributed by atoms with Crippen molar-refractivity contribution in [3.05, 3.63) is 52.8 Å². The van der Waals surface area contributed by atoms with Crippen molar-refractivity contribution >= 4 is 21.8 Å². The first-order chi connectivity index (χ1) is 14.1. The van der Waals surface area contributed by atoms with E-state index in [1.54, 1.807) is 57.4 Å². The topological polar surface area (TPSA) is 85.7 Å². The highest BCUT2D eigenvalue weighted by Crippen LogP contribution is 2.27. The van der Waals surface area contributed by atoms with Gasteiger partial charge in [-0.05, 0) is 52.3 Å². The Kier molecular flexibility index (Phi) is 7.60. The molecule has 8 heteroatoms. The zero-order valence-electron chi connectivity index (χ0n) is 18.4. The molecule has 0 saturated carbocycles. The second-order valence-electron chi connectivity index (χ2n) is 6.96. The number of ketones is 1. The van der Waals surface area contributed by atoms with Crippen LogP contribution in [0.5, 0.6) is 0 Å². The first-order valence-corrected chi connectivity index (χ1v) is 11.5. The first kappa shape index (κ1) is 23.8. The lowest BCUT2D eigenvalue weighted by Gasteiger charge is -2.26. The van der Waals surface area contributed by atoms with Crippen molar-refractivity contribution in [3.63, 3.8) is 0 Å². The molecule has 164 valence electrons. The summed E-state index contributed by atoms with van der Waals surface area (Å²) >= 11 is 0. The lowest BCUT2D eigenvalue weighted by Crippen LogP contribution is -2.43. The molecule has 1 aromatic carbocycles. The minimum atomic E-state index is -3.85. The molecule has 1 heterocycles. The molecule has 7 nitrogen and oxygen atoms in total. The zero-order valence-corrected chi connectivity index (χ0v) is 19.2. The Morgan fingerprint density at radius 1 is 1.10 bits per heavy atom. The van der Waals surface area contributed by atoms with Crippen LogP contribution in [0.25, 0.3) is 0 Å². The second kappa shape index (κ2) is 9.57. The maximum absolute atomic E-state index is 13.5. The van der Waals surface area contributed by atoms with Crippen LogP contribution in [0.15, 0.2) is 35.2 Å². The van der Waals surface area contributed by atoms with Crippen LogP contribution in [-0.2, 0) is 21.3 Å². The molecule has 0 N–H and O–H groups in total. The van der Waals surface area contributed by atoms with E-state index in [0.717, 1.165) is 0 Å². The smallest absolute Gasteiger partial charge is 0.355 e. The molecule has 0 unspecified atom stereocenters. The Morgan fingerprint density at radius 2 is 1.70 bits per heavy atom. The number of esters is 1. The van der Waals surface area contributed by atoms with Crippen molar-refractivity contribution in [2.45, 2.75) is 59.0 Å². The SMILES string of the molecule is CCOC(=O)c1c(C)c(C(=O)[C@H](C)N(CC)S(=O)(=O)c2ccccc2)c(C)n1CC. The van der Waals surface area contributed by atoms with E-state index in [9.17, 15) is 18.0 Å². The third kappa shape index (κ3) is 4.20. The highest BCUT2D eigenvalue weighted by molar-refractivity contribution is 7.89. The number of benzene rings is 1. The highest BCUT2D eigenvalue weighted by atomic mass is 32.2. The van der Waals surface area contributed by atoms with Gasteiger partial charge in [-0.15, -0.1) is 0 Å². The third-order valence-electron chi connectivity index (χ3n) is 5.27. The number of nitrogens with zero attached hydrogens (tertiary/aromatic N) is 2. The van der Waals surface area contributed by atoms with Crippen molar-refractivity contribution in [2.24, 2.45) is 0 Å². The van der Waals surface area contributed by atoms with E-state index in [0.29, 0.717) is 29.1 Å². The maximum Gasteiger partial charge on any atom is 0.355 e. The minimum absolute atomic E-state index is 0.137. The monoisotopic (exact) mass is 434 g/mol. The summed E-state index contributed by atoms with van der Waals surface area (Å²) in [4.78, 5) is 26.1. The molecule has 30 heavy (non-hydrogen) atoms. The Morgan fingerprint density at radius 3 is 2.20 bits per heavy atom. The van der Waals surface area contributed by atoms with E-state index in [2.05, 4.69) is 0 Å². The Balaban J connectivity index is 2.53. The van der Waals surface area contributed by atoms with Crippen LogP contribution in [0.2, 0.25) is 0 Å². The number of likely N-dealkylation sites (N-methyl/N-ethyl adjacent to an activating group) is 1. The summed E-state index contributed by atoms with van der Waals surface area (Å²) < 4.78 is 34.4. The van der Waals surface area contributed by atoms with E-state index in [-0.39, 0.29) is 23.8 Å².